The van der Waals surface area contributed by atoms with Gasteiger partial charge in [-0.25, -0.2) is 0 Å². The van der Waals surface area contributed by atoms with E-state index in [0.29, 0.717) is 0 Å². The first kappa shape index (κ1) is 11.7. The molecular formula is C4H7NaO4. The molecule has 0 rings (SSSR count). The topological polar surface area (TPSA) is 63.6 Å². The molecule has 0 aromatic rings. The van der Waals surface area contributed by atoms with Crippen LogP contribution in [0.25, 0.3) is 0 Å². The first-order valence-electron chi connectivity index (χ1n) is 1.95. The summed E-state index contributed by atoms with van der Waals surface area (Å²) in [6, 6.07) is 0. The minimum atomic E-state index is -1.17. The van der Waals surface area contributed by atoms with E-state index in [0.717, 1.165) is 7.11 Å². The predicted molar refractivity (Wildman–Crippen MR) is 25.4 cm³/mol. The molecule has 0 saturated heterocycles. The second-order valence-corrected chi connectivity index (χ2v) is 1.15. The van der Waals surface area contributed by atoms with Gasteiger partial charge in [0.25, 0.3) is 0 Å². The van der Waals surface area contributed by atoms with E-state index in [2.05, 4.69) is 4.74 Å². The van der Waals surface area contributed by atoms with Crippen LogP contribution < -0.4 is 29.6 Å². The molecule has 9 heavy (non-hydrogen) atoms. The fourth-order valence-electron chi connectivity index (χ4n) is 0.196. The number of carboxylic acids is 1. The molecule has 4 nitrogen and oxygen atoms in total. The Kier molecular flexibility index (Phi) is 7.89. The Balaban J connectivity index is -0.000000245. The second-order valence-electron chi connectivity index (χ2n) is 1.15. The van der Waals surface area contributed by atoms with Gasteiger partial charge < -0.3 is 11.3 Å². The Morgan fingerprint density at radius 2 is 2.11 bits per heavy atom. The van der Waals surface area contributed by atoms with Crippen LogP contribution >= 0.6 is 0 Å². The fourth-order valence-corrected chi connectivity index (χ4v) is 0.196. The molecule has 0 saturated carbocycles. The van der Waals surface area contributed by atoms with Gasteiger partial charge in [0.1, 0.15) is 6.42 Å². The van der Waals surface area contributed by atoms with Gasteiger partial charge in [0.2, 0.25) is 0 Å². The van der Waals surface area contributed by atoms with Crippen LogP contribution in [0.4, 0.5) is 0 Å². The summed E-state index contributed by atoms with van der Waals surface area (Å²) in [4.78, 5) is 19.7. The first-order chi connectivity index (χ1) is 3.66. The van der Waals surface area contributed by atoms with Crippen LogP contribution in [-0.4, -0.2) is 24.2 Å². The Morgan fingerprint density at radius 1 is 1.67 bits per heavy atom. The van der Waals surface area contributed by atoms with Gasteiger partial charge in [-0.3, -0.25) is 9.59 Å². The molecular weight excluding hydrogens is 135 g/mol. The minimum Gasteiger partial charge on any atom is -1.00 e. The minimum absolute atomic E-state index is 0. The fraction of sp³-hybridized carbons (Fsp3) is 0.500. The first-order valence-corrected chi connectivity index (χ1v) is 1.95. The van der Waals surface area contributed by atoms with Gasteiger partial charge in [0.15, 0.2) is 0 Å². The van der Waals surface area contributed by atoms with Crippen LogP contribution in [0.2, 0.25) is 0 Å². The molecule has 1 N–H and O–H groups in total. The van der Waals surface area contributed by atoms with Gasteiger partial charge in [0, 0.05) is 0 Å². The van der Waals surface area contributed by atoms with Gasteiger partial charge in [-0.1, -0.05) is 0 Å². The van der Waals surface area contributed by atoms with Crippen molar-refractivity contribution in [2.24, 2.45) is 0 Å². The molecule has 0 aromatic heterocycles. The number of ether oxygens (including phenoxy) is 1. The number of hydrogen-bond acceptors (Lipinski definition) is 3. The Hall–Kier alpha value is -0.0600. The number of carbonyl (C=O) groups excluding carboxylic acids is 1. The molecule has 0 atom stereocenters. The van der Waals surface area contributed by atoms with E-state index >= 15 is 0 Å². The zero-order valence-electron chi connectivity index (χ0n) is 6.38. The van der Waals surface area contributed by atoms with Crippen molar-refractivity contribution in [2.75, 3.05) is 7.11 Å². The van der Waals surface area contributed by atoms with Gasteiger partial charge in [-0.05, 0) is 0 Å². The summed E-state index contributed by atoms with van der Waals surface area (Å²) < 4.78 is 4.04. The molecule has 48 valence electrons. The third-order valence-corrected chi connectivity index (χ3v) is 0.523. The third kappa shape index (κ3) is 7.94. The Labute approximate surface area is 76.0 Å². The molecule has 0 spiro atoms. The normalized spacial score (nSPS) is 7.22. The van der Waals surface area contributed by atoms with Crippen molar-refractivity contribution in [3.63, 3.8) is 0 Å². The van der Waals surface area contributed by atoms with Gasteiger partial charge in [-0.2, -0.15) is 0 Å². The van der Waals surface area contributed by atoms with E-state index in [9.17, 15) is 9.59 Å². The molecule has 0 aliphatic rings. The summed E-state index contributed by atoms with van der Waals surface area (Å²) in [5.74, 6) is -1.89. The van der Waals surface area contributed by atoms with E-state index < -0.39 is 18.4 Å². The van der Waals surface area contributed by atoms with Crippen LogP contribution in [-0.2, 0) is 14.3 Å². The number of carboxylic acid groups (broad SMARTS) is 1. The standard InChI is InChI=1S/C4H6O4.Na.H/c1-8-4(7)2-3(5)6;;/h2H2,1H3,(H,5,6);;/q;+1;-1. The van der Waals surface area contributed by atoms with Gasteiger partial charge in [0.05, 0.1) is 7.11 Å². The maximum Gasteiger partial charge on any atom is 1.00 e. The average Bonchev–Trinajstić information content (AvgIpc) is 1.65. The Morgan fingerprint density at radius 3 is 2.22 bits per heavy atom. The average molecular weight is 142 g/mol. The molecule has 5 heteroatoms. The Bertz CT molecular complexity index is 116. The smallest absolute Gasteiger partial charge is 1.00 e. The quantitative estimate of drug-likeness (QED) is 0.250. The largest absolute Gasteiger partial charge is 1.00 e. The monoisotopic (exact) mass is 142 g/mol. The molecule has 0 aliphatic heterocycles. The number of carbonyl (C=O) groups is 2. The van der Waals surface area contributed by atoms with E-state index in [4.69, 9.17) is 5.11 Å². The van der Waals surface area contributed by atoms with E-state index in [1.807, 2.05) is 0 Å². The summed E-state index contributed by atoms with van der Waals surface area (Å²) in [5.41, 5.74) is 0. The summed E-state index contributed by atoms with van der Waals surface area (Å²) in [7, 11) is 1.14. The third-order valence-electron chi connectivity index (χ3n) is 0.523. The maximum absolute atomic E-state index is 10.0. The van der Waals surface area contributed by atoms with Crippen LogP contribution in [0.3, 0.4) is 0 Å². The van der Waals surface area contributed by atoms with Crippen LogP contribution in [0.15, 0.2) is 0 Å². The molecule has 0 aliphatic carbocycles. The number of methoxy groups -OCH3 is 1. The summed E-state index contributed by atoms with van der Waals surface area (Å²) in [6.07, 6.45) is -0.559. The summed E-state index contributed by atoms with van der Waals surface area (Å²) in [5, 5.41) is 7.91. The van der Waals surface area contributed by atoms with Crippen LogP contribution in [0, 0.1) is 0 Å². The van der Waals surface area contributed by atoms with Gasteiger partial charge >= 0.3 is 41.5 Å². The maximum atomic E-state index is 10.0. The second kappa shape index (κ2) is 6.07. The summed E-state index contributed by atoms with van der Waals surface area (Å²) in [6.45, 7) is 0. The van der Waals surface area contributed by atoms with E-state index in [-0.39, 0.29) is 31.0 Å². The van der Waals surface area contributed by atoms with E-state index in [1.54, 1.807) is 0 Å². The van der Waals surface area contributed by atoms with Crippen molar-refractivity contribution >= 4 is 11.9 Å². The SMILES string of the molecule is COC(=O)CC(=O)O.[H-].[Na+]. The van der Waals surface area contributed by atoms with Crippen LogP contribution in [0.5, 0.6) is 0 Å². The number of rotatable bonds is 2. The molecule has 0 aromatic carbocycles. The van der Waals surface area contributed by atoms with Crippen LogP contribution in [0.1, 0.15) is 7.85 Å². The molecule has 0 bridgehead atoms. The molecule has 0 heterocycles. The van der Waals surface area contributed by atoms with Crippen molar-refractivity contribution < 1.29 is 50.4 Å². The number of esters is 1. The van der Waals surface area contributed by atoms with Crippen molar-refractivity contribution in [2.45, 2.75) is 6.42 Å². The van der Waals surface area contributed by atoms with Crippen molar-refractivity contribution in [1.29, 1.82) is 0 Å². The molecule has 0 radical (unpaired) electrons. The van der Waals surface area contributed by atoms with Crippen molar-refractivity contribution in [3.8, 4) is 0 Å². The van der Waals surface area contributed by atoms with E-state index in [1.165, 1.54) is 0 Å². The number of hydrogen-bond donors (Lipinski definition) is 1. The molecule has 0 unspecified atom stereocenters. The molecule has 0 fully saturated rings. The van der Waals surface area contributed by atoms with Gasteiger partial charge in [-0.15, -0.1) is 0 Å². The zero-order valence-corrected chi connectivity index (χ0v) is 7.38. The predicted octanol–water partition coefficient (Wildman–Crippen LogP) is -3.25. The zero-order chi connectivity index (χ0) is 6.57. The number of aliphatic carboxylic acids is 1. The van der Waals surface area contributed by atoms with Crippen molar-refractivity contribution in [3.05, 3.63) is 0 Å². The molecule has 0 amide bonds. The summed E-state index contributed by atoms with van der Waals surface area (Å²) >= 11 is 0. The van der Waals surface area contributed by atoms with Crippen molar-refractivity contribution in [1.82, 2.24) is 0 Å².